The van der Waals surface area contributed by atoms with Gasteiger partial charge in [0.05, 0.1) is 30.5 Å². The minimum atomic E-state index is -4.51. The highest BCUT2D eigenvalue weighted by Gasteiger charge is 2.34. The number of ether oxygens (including phenoxy) is 1. The molecule has 2 aromatic heterocycles. The average Bonchev–Trinajstić information content (AvgIpc) is 3.26. The molecule has 1 atom stereocenters. The molecule has 0 bridgehead atoms. The molecule has 1 saturated carbocycles. The Bertz CT molecular complexity index is 876. The van der Waals surface area contributed by atoms with Crippen molar-refractivity contribution in [1.29, 1.82) is 0 Å². The number of halogens is 3. The van der Waals surface area contributed by atoms with Gasteiger partial charge in [-0.1, -0.05) is 13.3 Å². The molecule has 31 heavy (non-hydrogen) atoms. The molecule has 3 aliphatic rings. The molecule has 170 valence electrons. The summed E-state index contributed by atoms with van der Waals surface area (Å²) in [7, 11) is 0. The summed E-state index contributed by atoms with van der Waals surface area (Å²) in [6.45, 7) is 7.71. The van der Waals surface area contributed by atoms with Crippen molar-refractivity contribution in [2.75, 3.05) is 32.0 Å². The van der Waals surface area contributed by atoms with Gasteiger partial charge in [0.15, 0.2) is 0 Å². The highest BCUT2D eigenvalue weighted by molar-refractivity contribution is 5.61. The zero-order valence-electron chi connectivity index (χ0n) is 17.8. The molecule has 0 amide bonds. The lowest BCUT2D eigenvalue weighted by Gasteiger charge is -2.34. The van der Waals surface area contributed by atoms with Crippen molar-refractivity contribution < 1.29 is 17.9 Å². The van der Waals surface area contributed by atoms with E-state index in [1.807, 2.05) is 0 Å². The van der Waals surface area contributed by atoms with Crippen LogP contribution in [-0.2, 0) is 17.5 Å². The van der Waals surface area contributed by atoms with Crippen LogP contribution >= 0.6 is 0 Å². The van der Waals surface area contributed by atoms with Crippen LogP contribution in [0.25, 0.3) is 11.3 Å². The fourth-order valence-electron chi connectivity index (χ4n) is 4.13. The molecule has 1 aliphatic carbocycles. The average molecular weight is 438 g/mol. The van der Waals surface area contributed by atoms with Crippen LogP contribution in [0.2, 0.25) is 0 Å². The van der Waals surface area contributed by atoms with Gasteiger partial charge in [0.2, 0.25) is 0 Å². The summed E-state index contributed by atoms with van der Waals surface area (Å²) >= 11 is 0. The maximum absolute atomic E-state index is 12.8. The van der Waals surface area contributed by atoms with Crippen molar-refractivity contribution in [2.45, 2.75) is 51.4 Å². The fourth-order valence-corrected chi connectivity index (χ4v) is 4.13. The Hall–Kier alpha value is -2.13. The van der Waals surface area contributed by atoms with E-state index >= 15 is 0 Å². The van der Waals surface area contributed by atoms with Crippen LogP contribution in [0.4, 0.5) is 19.0 Å². The smallest absolute Gasteiger partial charge is 0.383 e. The van der Waals surface area contributed by atoms with Crippen molar-refractivity contribution in [2.24, 2.45) is 11.8 Å². The zero-order chi connectivity index (χ0) is 22.0. The second-order valence-corrected chi connectivity index (χ2v) is 8.95. The minimum Gasteiger partial charge on any atom is -0.383 e. The molecule has 5 rings (SSSR count). The van der Waals surface area contributed by atoms with Gasteiger partial charge in [-0.2, -0.15) is 18.3 Å². The summed E-state index contributed by atoms with van der Waals surface area (Å²) < 4.78 is 45.4. The number of rotatable bonds is 4. The van der Waals surface area contributed by atoms with E-state index in [0.717, 1.165) is 37.8 Å². The number of hydrogen-bond acceptors (Lipinski definition) is 5. The highest BCUT2D eigenvalue weighted by Crippen LogP contribution is 2.35. The second kappa shape index (κ2) is 9.16. The molecular weight excluding hydrogens is 407 g/mol. The molecule has 2 N–H and O–H groups in total. The van der Waals surface area contributed by atoms with Gasteiger partial charge in [-0.15, -0.1) is 0 Å². The molecule has 0 spiro atoms. The number of likely N-dealkylation sites (tertiary alicyclic amines) is 1. The lowest BCUT2D eigenvalue weighted by molar-refractivity contribution is -0.137. The molecule has 0 aromatic carbocycles. The van der Waals surface area contributed by atoms with E-state index in [1.54, 1.807) is 16.9 Å². The van der Waals surface area contributed by atoms with Gasteiger partial charge in [0.1, 0.15) is 5.82 Å². The van der Waals surface area contributed by atoms with E-state index in [0.29, 0.717) is 17.2 Å². The van der Waals surface area contributed by atoms with Crippen LogP contribution in [0.15, 0.2) is 24.5 Å². The van der Waals surface area contributed by atoms with Crippen molar-refractivity contribution in [3.05, 3.63) is 30.1 Å². The first-order valence-electron chi connectivity index (χ1n) is 11.0. The predicted molar refractivity (Wildman–Crippen MR) is 112 cm³/mol. The highest BCUT2D eigenvalue weighted by atomic mass is 19.4. The maximum atomic E-state index is 12.8. The van der Waals surface area contributed by atoms with Crippen LogP contribution in [0.5, 0.6) is 0 Å². The Morgan fingerprint density at radius 3 is 2.55 bits per heavy atom. The van der Waals surface area contributed by atoms with E-state index in [1.165, 1.54) is 45.0 Å². The summed E-state index contributed by atoms with van der Waals surface area (Å²) in [6, 6.07) is 3.47. The van der Waals surface area contributed by atoms with Crippen molar-refractivity contribution >= 4 is 5.82 Å². The number of nitrogens with zero attached hydrogens (tertiary/aromatic N) is 4. The molecule has 0 radical (unpaired) electrons. The summed E-state index contributed by atoms with van der Waals surface area (Å²) in [6.07, 6.45) is 3.61. The third-order valence-electron chi connectivity index (χ3n) is 6.42. The summed E-state index contributed by atoms with van der Waals surface area (Å²) in [5, 5.41) is 4.32. The Morgan fingerprint density at radius 1 is 1.23 bits per heavy atom. The van der Waals surface area contributed by atoms with Crippen LogP contribution in [-0.4, -0.2) is 52.0 Å². The molecule has 2 saturated heterocycles. The minimum absolute atomic E-state index is 0.323. The molecule has 4 heterocycles. The Morgan fingerprint density at radius 2 is 2.00 bits per heavy atom. The van der Waals surface area contributed by atoms with E-state index in [-0.39, 0.29) is 0 Å². The second-order valence-electron chi connectivity index (χ2n) is 8.95. The van der Waals surface area contributed by atoms with Crippen LogP contribution in [0.3, 0.4) is 0 Å². The SMILES string of the molecule is CC1CCN(C2COC2)C1.Nc1ncc(-c2ccn(CC3CCC3)n2)cc1C(F)(F)F. The zero-order valence-corrected chi connectivity index (χ0v) is 17.8. The van der Waals surface area contributed by atoms with Crippen LogP contribution in [0, 0.1) is 11.8 Å². The molecule has 1 unspecified atom stereocenters. The first-order chi connectivity index (χ1) is 14.8. The lowest BCUT2D eigenvalue weighted by Crippen LogP contribution is -2.47. The van der Waals surface area contributed by atoms with Gasteiger partial charge in [-0.05, 0) is 49.8 Å². The predicted octanol–water partition coefficient (Wildman–Crippen LogP) is 4.07. The molecule has 3 fully saturated rings. The Balaban J connectivity index is 0.000000192. The van der Waals surface area contributed by atoms with Gasteiger partial charge in [-0.3, -0.25) is 9.58 Å². The third kappa shape index (κ3) is 5.38. The molecule has 2 aliphatic heterocycles. The standard InChI is InChI=1S/C14H15F3N4.C8H15NO/c15-14(16,17)11-6-10(7-19-13(11)18)12-4-5-21(20-12)8-9-2-1-3-9;1-7-2-3-9(4-7)8-5-10-6-8/h4-7,9H,1-3,8H2,(H2,18,19);7-8H,2-6H2,1H3. The lowest BCUT2D eigenvalue weighted by atomic mass is 9.85. The largest absolute Gasteiger partial charge is 0.419 e. The quantitative estimate of drug-likeness (QED) is 0.781. The van der Waals surface area contributed by atoms with Crippen molar-refractivity contribution in [1.82, 2.24) is 19.7 Å². The van der Waals surface area contributed by atoms with Crippen LogP contribution in [0.1, 0.15) is 38.2 Å². The number of alkyl halides is 3. The van der Waals surface area contributed by atoms with E-state index < -0.39 is 17.6 Å². The molecule has 9 heteroatoms. The monoisotopic (exact) mass is 437 g/mol. The molecule has 2 aromatic rings. The van der Waals surface area contributed by atoms with E-state index in [9.17, 15) is 13.2 Å². The summed E-state index contributed by atoms with van der Waals surface area (Å²) in [4.78, 5) is 6.19. The number of nitrogen functional groups attached to an aromatic ring is 1. The van der Waals surface area contributed by atoms with E-state index in [4.69, 9.17) is 10.5 Å². The Kier molecular flexibility index (Phi) is 6.52. The van der Waals surface area contributed by atoms with Crippen molar-refractivity contribution in [3.8, 4) is 11.3 Å². The van der Waals surface area contributed by atoms with Gasteiger partial charge in [0, 0.05) is 31.0 Å². The number of anilines is 1. The maximum Gasteiger partial charge on any atom is 0.419 e. The van der Waals surface area contributed by atoms with Gasteiger partial charge in [-0.25, -0.2) is 4.98 Å². The topological polar surface area (TPSA) is 69.2 Å². The number of hydrogen-bond donors (Lipinski definition) is 1. The van der Waals surface area contributed by atoms with Crippen molar-refractivity contribution in [3.63, 3.8) is 0 Å². The first kappa shape index (κ1) is 22.1. The van der Waals surface area contributed by atoms with Crippen LogP contribution < -0.4 is 5.73 Å². The Labute approximate surface area is 180 Å². The number of pyridine rings is 1. The molecule has 6 nitrogen and oxygen atoms in total. The summed E-state index contributed by atoms with van der Waals surface area (Å²) in [5.41, 5.74) is 5.17. The fraction of sp³-hybridized carbons (Fsp3) is 0.636. The van der Waals surface area contributed by atoms with Gasteiger partial charge >= 0.3 is 6.18 Å². The number of aromatic nitrogens is 3. The summed E-state index contributed by atoms with van der Waals surface area (Å²) in [5.74, 6) is 1.04. The van der Waals surface area contributed by atoms with Gasteiger partial charge in [0.25, 0.3) is 0 Å². The van der Waals surface area contributed by atoms with Gasteiger partial charge < -0.3 is 10.5 Å². The number of nitrogens with two attached hydrogens (primary N) is 1. The molecular formula is C22H30F3N5O. The van der Waals surface area contributed by atoms with E-state index in [2.05, 4.69) is 21.9 Å². The third-order valence-corrected chi connectivity index (χ3v) is 6.42. The normalized spacial score (nSPS) is 22.5. The first-order valence-corrected chi connectivity index (χ1v) is 11.0.